The summed E-state index contributed by atoms with van der Waals surface area (Å²) in [6.45, 7) is 1.87. The lowest BCUT2D eigenvalue weighted by Gasteiger charge is -2.32. The van der Waals surface area contributed by atoms with Crippen molar-refractivity contribution in [3.8, 4) is 11.5 Å². The molecule has 1 aliphatic heterocycles. The maximum absolute atomic E-state index is 12.0. The lowest BCUT2D eigenvalue weighted by atomic mass is 10.1. The number of benzene rings is 1. The molecule has 1 amide bonds. The predicted molar refractivity (Wildman–Crippen MR) is 92.8 cm³/mol. The highest BCUT2D eigenvalue weighted by Crippen LogP contribution is 2.33. The number of likely N-dealkylation sites (tertiary alicyclic amines) is 1. The van der Waals surface area contributed by atoms with Gasteiger partial charge in [-0.1, -0.05) is 0 Å². The van der Waals surface area contributed by atoms with E-state index in [2.05, 4.69) is 9.97 Å². The molecule has 0 spiro atoms. The van der Waals surface area contributed by atoms with Gasteiger partial charge in [-0.25, -0.2) is 9.97 Å². The first-order valence-electron chi connectivity index (χ1n) is 8.42. The molecule has 7 nitrogen and oxygen atoms in total. The zero-order valence-electron chi connectivity index (χ0n) is 14.6. The number of methoxy groups -OCH3 is 2. The molecule has 0 radical (unpaired) electrons. The molecule has 0 atom stereocenters. The third kappa shape index (κ3) is 4.17. The smallest absolute Gasteiger partial charge is 0.224 e. The van der Waals surface area contributed by atoms with Gasteiger partial charge in [0, 0.05) is 50.7 Å². The number of rotatable bonds is 6. The van der Waals surface area contributed by atoms with E-state index in [-0.39, 0.29) is 12.0 Å². The van der Waals surface area contributed by atoms with Crippen molar-refractivity contribution >= 4 is 16.8 Å². The Morgan fingerprint density at radius 1 is 1.24 bits per heavy atom. The molecule has 0 N–H and O–H groups in total. The van der Waals surface area contributed by atoms with Gasteiger partial charge in [0.25, 0.3) is 0 Å². The summed E-state index contributed by atoms with van der Waals surface area (Å²) in [6, 6.07) is 3.76. The number of piperidine rings is 1. The SMILES string of the molecule is COCCC(=O)N1CCC(Oc2cc3cncnc3cc2OC)CC1. The van der Waals surface area contributed by atoms with Crippen molar-refractivity contribution in [2.75, 3.05) is 33.9 Å². The Morgan fingerprint density at radius 3 is 2.76 bits per heavy atom. The number of hydrogen-bond acceptors (Lipinski definition) is 6. The van der Waals surface area contributed by atoms with Crippen molar-refractivity contribution in [3.05, 3.63) is 24.7 Å². The molecule has 7 heteroatoms. The van der Waals surface area contributed by atoms with E-state index < -0.39 is 0 Å². The van der Waals surface area contributed by atoms with Crippen LogP contribution in [0.3, 0.4) is 0 Å². The Balaban J connectivity index is 1.64. The van der Waals surface area contributed by atoms with E-state index in [1.165, 1.54) is 6.33 Å². The average molecular weight is 345 g/mol. The number of aromatic nitrogens is 2. The standard InChI is InChI=1S/C18H23N3O4/c1-23-8-5-18(22)21-6-3-14(4-7-21)25-17-9-13-11-19-12-20-15(13)10-16(17)24-2/h9-12,14H,3-8H2,1-2H3. The molecular weight excluding hydrogens is 322 g/mol. The Morgan fingerprint density at radius 2 is 2.04 bits per heavy atom. The number of ether oxygens (including phenoxy) is 3. The van der Waals surface area contributed by atoms with Gasteiger partial charge in [0.1, 0.15) is 12.4 Å². The van der Waals surface area contributed by atoms with Crippen molar-refractivity contribution in [1.29, 1.82) is 0 Å². The normalized spacial score (nSPS) is 15.4. The number of amides is 1. The van der Waals surface area contributed by atoms with Crippen LogP contribution < -0.4 is 9.47 Å². The molecule has 3 rings (SSSR count). The van der Waals surface area contributed by atoms with Crippen molar-refractivity contribution < 1.29 is 19.0 Å². The molecule has 1 fully saturated rings. The van der Waals surface area contributed by atoms with Crippen LogP contribution in [-0.2, 0) is 9.53 Å². The van der Waals surface area contributed by atoms with E-state index in [1.54, 1.807) is 20.4 Å². The molecule has 1 aliphatic rings. The van der Waals surface area contributed by atoms with Crippen molar-refractivity contribution in [1.82, 2.24) is 14.9 Å². The van der Waals surface area contributed by atoms with Crippen LogP contribution in [0.1, 0.15) is 19.3 Å². The second-order valence-electron chi connectivity index (χ2n) is 6.03. The van der Waals surface area contributed by atoms with Gasteiger partial charge in [-0.15, -0.1) is 0 Å². The second-order valence-corrected chi connectivity index (χ2v) is 6.03. The highest BCUT2D eigenvalue weighted by molar-refractivity contribution is 5.81. The summed E-state index contributed by atoms with van der Waals surface area (Å²) in [5, 5.41) is 0.908. The zero-order valence-corrected chi connectivity index (χ0v) is 14.6. The van der Waals surface area contributed by atoms with Gasteiger partial charge in [0.15, 0.2) is 11.5 Å². The van der Waals surface area contributed by atoms with Crippen LogP contribution in [-0.4, -0.2) is 60.8 Å². The Kier molecular flexibility index (Phi) is 5.65. The molecule has 1 aromatic carbocycles. The lowest BCUT2D eigenvalue weighted by Crippen LogP contribution is -2.42. The molecule has 0 unspecified atom stereocenters. The fourth-order valence-corrected chi connectivity index (χ4v) is 2.99. The summed E-state index contributed by atoms with van der Waals surface area (Å²) in [7, 11) is 3.22. The Labute approximate surface area is 146 Å². The van der Waals surface area contributed by atoms with Gasteiger partial charge in [-0.3, -0.25) is 4.79 Å². The summed E-state index contributed by atoms with van der Waals surface area (Å²) in [6.07, 6.45) is 5.35. The first-order valence-corrected chi connectivity index (χ1v) is 8.42. The van der Waals surface area contributed by atoms with Crippen LogP contribution in [0.5, 0.6) is 11.5 Å². The molecular formula is C18H23N3O4. The summed E-state index contributed by atoms with van der Waals surface area (Å²) in [4.78, 5) is 22.2. The van der Waals surface area contributed by atoms with Crippen LogP contribution in [0.4, 0.5) is 0 Å². The average Bonchev–Trinajstić information content (AvgIpc) is 2.66. The predicted octanol–water partition coefficient (Wildman–Crippen LogP) is 2.04. The van der Waals surface area contributed by atoms with Gasteiger partial charge in [-0.2, -0.15) is 0 Å². The number of fused-ring (bicyclic) bond motifs is 1. The minimum atomic E-state index is 0.0578. The molecule has 1 aromatic heterocycles. The molecule has 2 heterocycles. The van der Waals surface area contributed by atoms with E-state index in [0.29, 0.717) is 37.6 Å². The van der Waals surface area contributed by atoms with E-state index in [9.17, 15) is 4.79 Å². The number of carbonyl (C=O) groups excluding carboxylic acids is 1. The summed E-state index contributed by atoms with van der Waals surface area (Å²) >= 11 is 0. The molecule has 1 saturated heterocycles. The minimum absolute atomic E-state index is 0.0578. The van der Waals surface area contributed by atoms with Crippen LogP contribution in [0.25, 0.3) is 10.9 Å². The van der Waals surface area contributed by atoms with E-state index in [1.807, 2.05) is 17.0 Å². The van der Waals surface area contributed by atoms with Gasteiger partial charge < -0.3 is 19.1 Å². The Bertz CT molecular complexity index is 729. The van der Waals surface area contributed by atoms with Crippen molar-refractivity contribution in [2.45, 2.75) is 25.4 Å². The highest BCUT2D eigenvalue weighted by atomic mass is 16.5. The minimum Gasteiger partial charge on any atom is -0.493 e. The monoisotopic (exact) mass is 345 g/mol. The number of hydrogen-bond donors (Lipinski definition) is 0. The molecule has 0 bridgehead atoms. The highest BCUT2D eigenvalue weighted by Gasteiger charge is 2.24. The van der Waals surface area contributed by atoms with Gasteiger partial charge >= 0.3 is 0 Å². The van der Waals surface area contributed by atoms with Gasteiger partial charge in [0.2, 0.25) is 5.91 Å². The van der Waals surface area contributed by atoms with Crippen LogP contribution in [0.2, 0.25) is 0 Å². The first kappa shape index (κ1) is 17.4. The molecule has 0 aliphatic carbocycles. The quantitative estimate of drug-likeness (QED) is 0.798. The fraction of sp³-hybridized carbons (Fsp3) is 0.500. The van der Waals surface area contributed by atoms with E-state index in [0.717, 1.165) is 23.7 Å². The zero-order chi connectivity index (χ0) is 17.6. The summed E-state index contributed by atoms with van der Waals surface area (Å²) in [5.41, 5.74) is 0.817. The van der Waals surface area contributed by atoms with Crippen molar-refractivity contribution in [2.24, 2.45) is 0 Å². The number of carbonyl (C=O) groups is 1. The topological polar surface area (TPSA) is 73.8 Å². The van der Waals surface area contributed by atoms with E-state index >= 15 is 0 Å². The van der Waals surface area contributed by atoms with Crippen LogP contribution in [0.15, 0.2) is 24.7 Å². The third-order valence-electron chi connectivity index (χ3n) is 4.40. The molecule has 25 heavy (non-hydrogen) atoms. The summed E-state index contributed by atoms with van der Waals surface area (Å²) < 4.78 is 16.6. The largest absolute Gasteiger partial charge is 0.493 e. The molecule has 0 saturated carbocycles. The third-order valence-corrected chi connectivity index (χ3v) is 4.40. The lowest BCUT2D eigenvalue weighted by molar-refractivity contribution is -0.133. The van der Waals surface area contributed by atoms with Crippen LogP contribution >= 0.6 is 0 Å². The fourth-order valence-electron chi connectivity index (χ4n) is 2.99. The summed E-state index contributed by atoms with van der Waals surface area (Å²) in [5.74, 6) is 1.49. The maximum atomic E-state index is 12.0. The number of nitrogens with zero attached hydrogens (tertiary/aromatic N) is 3. The van der Waals surface area contributed by atoms with Gasteiger partial charge in [0.05, 0.1) is 25.7 Å². The van der Waals surface area contributed by atoms with Crippen molar-refractivity contribution in [3.63, 3.8) is 0 Å². The maximum Gasteiger partial charge on any atom is 0.224 e. The first-order chi connectivity index (χ1) is 12.2. The molecule has 134 valence electrons. The second kappa shape index (κ2) is 8.11. The molecule has 2 aromatic rings. The van der Waals surface area contributed by atoms with Gasteiger partial charge in [-0.05, 0) is 6.07 Å². The van der Waals surface area contributed by atoms with Crippen LogP contribution in [0, 0.1) is 0 Å². The Hall–Kier alpha value is -2.41. The van der Waals surface area contributed by atoms with E-state index in [4.69, 9.17) is 14.2 Å².